The molecule has 0 saturated carbocycles. The number of amides is 6. The monoisotopic (exact) mass is 941 g/mol. The summed E-state index contributed by atoms with van der Waals surface area (Å²) in [5.41, 5.74) is 16.6. The molecule has 6 atom stereocenters. The molecule has 2 heterocycles. The van der Waals surface area contributed by atoms with Gasteiger partial charge in [-0.05, 0) is 86.3 Å². The maximum atomic E-state index is 14.4. The number of carboxylic acids is 1. The number of likely N-dealkylation sites (tertiary alicyclic amines) is 1. The summed E-state index contributed by atoms with van der Waals surface area (Å²) in [5.74, 6) is -4.50. The first-order chi connectivity index (χ1) is 31.5. The molecule has 0 bridgehead atoms. The fourth-order valence-electron chi connectivity index (χ4n) is 8.03. The van der Waals surface area contributed by atoms with Crippen LogP contribution in [0.15, 0.2) is 34.3 Å². The molecule has 67 heavy (non-hydrogen) atoms. The topological polar surface area (TPSA) is 329 Å². The van der Waals surface area contributed by atoms with Crippen LogP contribution >= 0.6 is 0 Å². The van der Waals surface area contributed by atoms with Crippen LogP contribution in [0.5, 0.6) is 5.75 Å². The molecule has 0 radical (unpaired) electrons. The van der Waals surface area contributed by atoms with Crippen molar-refractivity contribution in [1.29, 1.82) is 0 Å². The number of guanidine groups is 2. The van der Waals surface area contributed by atoms with Crippen molar-refractivity contribution in [2.75, 3.05) is 32.7 Å². The standard InChI is InChI=1S/C46H76N12O9/c1-27(2)24-32(38(61)55-34(43(66)67)25-28(3)4)54-41(64)37(46(5,6)7)56-39(62)33(26-29-15-17-30(59)18-16-29)53-40(63)35-13-11-22-58(35)42(65)31(12-10-19-50-44(47)48)52-36(60)14-8-9-21-57-23-20-51-45(57)49/h15-18,27-28,31-35,37,59H,8-14,19-26H2,1-7H3,(H2,49,51)(H,52,60)(H,53,63)(H,54,64)(H,55,61)(H,56,62)(H,66,67)(H4,47,48,50)/t31-,32-,33-,34-,35-,37+/m0/s1. The number of carbonyl (C=O) groups is 7. The van der Waals surface area contributed by atoms with E-state index < -0.39 is 77.2 Å². The third kappa shape index (κ3) is 18.6. The summed E-state index contributed by atoms with van der Waals surface area (Å²) in [7, 11) is 0. The fraction of sp³-hybridized carbons (Fsp3) is 0.674. The molecular formula is C46H76N12O9. The largest absolute Gasteiger partial charge is 0.508 e. The van der Waals surface area contributed by atoms with Crippen molar-refractivity contribution in [1.82, 2.24) is 36.4 Å². The molecule has 0 unspecified atom stereocenters. The Bertz CT molecular complexity index is 1910. The third-order valence-corrected chi connectivity index (χ3v) is 11.6. The number of rotatable bonds is 26. The number of aliphatic carboxylic acids is 1. The van der Waals surface area contributed by atoms with Gasteiger partial charge in [-0.25, -0.2) is 4.79 Å². The summed E-state index contributed by atoms with van der Waals surface area (Å²) in [6.45, 7) is 15.0. The molecule has 0 spiro atoms. The van der Waals surface area contributed by atoms with Gasteiger partial charge >= 0.3 is 5.97 Å². The summed E-state index contributed by atoms with van der Waals surface area (Å²) < 4.78 is 0. The van der Waals surface area contributed by atoms with Crippen LogP contribution in [-0.2, 0) is 40.0 Å². The van der Waals surface area contributed by atoms with Crippen LogP contribution in [0, 0.1) is 17.3 Å². The first kappa shape index (κ1) is 55.2. The fourth-order valence-corrected chi connectivity index (χ4v) is 8.03. The van der Waals surface area contributed by atoms with E-state index in [2.05, 4.69) is 36.6 Å². The number of carboxylic acid groups (broad SMARTS) is 1. The van der Waals surface area contributed by atoms with E-state index in [-0.39, 0.29) is 81.1 Å². The Balaban J connectivity index is 1.84. The Morgan fingerprint density at radius 3 is 2.01 bits per heavy atom. The smallest absolute Gasteiger partial charge is 0.326 e. The van der Waals surface area contributed by atoms with Gasteiger partial charge in [0.25, 0.3) is 0 Å². The van der Waals surface area contributed by atoms with Crippen molar-refractivity contribution < 1.29 is 43.8 Å². The highest BCUT2D eigenvalue weighted by Crippen LogP contribution is 2.23. The highest BCUT2D eigenvalue weighted by Gasteiger charge is 2.41. The van der Waals surface area contributed by atoms with E-state index in [4.69, 9.17) is 17.2 Å². The average molecular weight is 941 g/mol. The first-order valence-corrected chi connectivity index (χ1v) is 23.4. The zero-order valence-corrected chi connectivity index (χ0v) is 40.3. The molecule has 3 rings (SSSR count). The number of aromatic hydroxyl groups is 1. The van der Waals surface area contributed by atoms with E-state index in [0.29, 0.717) is 50.3 Å². The number of nitrogens with zero attached hydrogens (tertiary/aromatic N) is 4. The zero-order valence-electron chi connectivity index (χ0n) is 40.3. The number of hydrogen-bond donors (Lipinski definition) is 10. The van der Waals surface area contributed by atoms with Crippen LogP contribution in [0.2, 0.25) is 0 Å². The molecule has 2 aliphatic rings. The summed E-state index contributed by atoms with van der Waals surface area (Å²) in [6.07, 6.45) is 2.96. The molecule has 21 nitrogen and oxygen atoms in total. The number of benzene rings is 1. The minimum atomic E-state index is -1.29. The number of aliphatic imine (C=N–C) groups is 2. The second-order valence-electron chi connectivity index (χ2n) is 19.4. The molecular weight excluding hydrogens is 865 g/mol. The van der Waals surface area contributed by atoms with Crippen LogP contribution in [0.25, 0.3) is 0 Å². The quantitative estimate of drug-likeness (QED) is 0.0343. The van der Waals surface area contributed by atoms with Crippen molar-refractivity contribution in [3.05, 3.63) is 29.8 Å². The van der Waals surface area contributed by atoms with Crippen LogP contribution in [0.3, 0.4) is 0 Å². The Morgan fingerprint density at radius 2 is 1.43 bits per heavy atom. The highest BCUT2D eigenvalue weighted by molar-refractivity contribution is 5.97. The Morgan fingerprint density at radius 1 is 0.806 bits per heavy atom. The maximum Gasteiger partial charge on any atom is 0.326 e. The van der Waals surface area contributed by atoms with Gasteiger partial charge in [-0.2, -0.15) is 0 Å². The highest BCUT2D eigenvalue weighted by atomic mass is 16.4. The number of phenolic OH excluding ortho intramolecular Hbond substituents is 1. The van der Waals surface area contributed by atoms with Crippen molar-refractivity contribution in [2.45, 2.75) is 149 Å². The number of hydrogen-bond acceptors (Lipinski definition) is 12. The number of carbonyl (C=O) groups excluding carboxylic acids is 6. The molecule has 1 saturated heterocycles. The van der Waals surface area contributed by atoms with Gasteiger partial charge in [-0.15, -0.1) is 0 Å². The molecule has 1 fully saturated rings. The zero-order chi connectivity index (χ0) is 50.0. The van der Waals surface area contributed by atoms with E-state index >= 15 is 0 Å². The normalized spacial score (nSPS) is 17.1. The van der Waals surface area contributed by atoms with Gasteiger partial charge in [0.05, 0.1) is 6.54 Å². The Kier molecular flexibility index (Phi) is 21.6. The predicted octanol–water partition coefficient (Wildman–Crippen LogP) is 0.427. The maximum absolute atomic E-state index is 14.4. The van der Waals surface area contributed by atoms with Gasteiger partial charge in [-0.3, -0.25) is 38.8 Å². The molecule has 1 aromatic carbocycles. The molecule has 6 amide bonds. The number of phenols is 1. The summed E-state index contributed by atoms with van der Waals surface area (Å²) >= 11 is 0. The van der Waals surface area contributed by atoms with E-state index in [1.807, 2.05) is 32.6 Å². The van der Waals surface area contributed by atoms with Crippen molar-refractivity contribution in [2.24, 2.45) is 44.4 Å². The molecule has 374 valence electrons. The van der Waals surface area contributed by atoms with E-state index in [9.17, 15) is 43.8 Å². The second kappa shape index (κ2) is 26.3. The summed E-state index contributed by atoms with van der Waals surface area (Å²) in [4.78, 5) is 107. The van der Waals surface area contributed by atoms with Gasteiger partial charge < -0.3 is 63.8 Å². The molecule has 13 N–H and O–H groups in total. The lowest BCUT2D eigenvalue weighted by Crippen LogP contribution is -2.62. The summed E-state index contributed by atoms with van der Waals surface area (Å²) in [6, 6.07) is -0.784. The SMILES string of the molecule is CC(C)C[C@H](NC(=O)[C@H](CC(C)C)NC(=O)[C@@H](NC(=O)[C@H](Cc1ccc(O)cc1)NC(=O)[C@@H]1CCCN1C(=O)[C@H](CCCN=C(N)N)NC(=O)CCCCN1CCN=C1N)C(C)(C)C)C(=O)O. The Hall–Kier alpha value is -6.15. The minimum absolute atomic E-state index is 0.0144. The van der Waals surface area contributed by atoms with Crippen LogP contribution in [-0.4, -0.2) is 142 Å². The van der Waals surface area contributed by atoms with Crippen molar-refractivity contribution >= 4 is 53.3 Å². The summed E-state index contributed by atoms with van der Waals surface area (Å²) in [5, 5.41) is 33.6. The van der Waals surface area contributed by atoms with Crippen molar-refractivity contribution in [3.63, 3.8) is 0 Å². The van der Waals surface area contributed by atoms with Crippen LogP contribution in [0.1, 0.15) is 112 Å². The average Bonchev–Trinajstić information content (AvgIpc) is 3.90. The van der Waals surface area contributed by atoms with Crippen LogP contribution < -0.4 is 43.8 Å². The number of unbranched alkanes of at least 4 members (excludes halogenated alkanes) is 1. The van der Waals surface area contributed by atoms with Gasteiger partial charge in [0.15, 0.2) is 11.9 Å². The third-order valence-electron chi connectivity index (χ3n) is 11.6. The molecule has 0 aromatic heterocycles. The number of nitrogens with two attached hydrogens (primary N) is 3. The number of nitrogens with one attached hydrogen (secondary N) is 5. The van der Waals surface area contributed by atoms with E-state index in [1.165, 1.54) is 17.0 Å². The molecule has 2 aliphatic heterocycles. The molecule has 0 aliphatic carbocycles. The van der Waals surface area contributed by atoms with Crippen LogP contribution in [0.4, 0.5) is 0 Å². The Labute approximate surface area is 394 Å². The second-order valence-corrected chi connectivity index (χ2v) is 19.4. The minimum Gasteiger partial charge on any atom is -0.508 e. The first-order valence-electron chi connectivity index (χ1n) is 23.4. The van der Waals surface area contributed by atoms with Crippen molar-refractivity contribution in [3.8, 4) is 5.75 Å². The van der Waals surface area contributed by atoms with Gasteiger partial charge in [-0.1, -0.05) is 60.6 Å². The lowest BCUT2D eigenvalue weighted by atomic mass is 9.85. The van der Waals surface area contributed by atoms with E-state index in [1.54, 1.807) is 32.9 Å². The van der Waals surface area contributed by atoms with E-state index in [0.717, 1.165) is 6.54 Å². The molecule has 21 heteroatoms. The molecule has 1 aromatic rings. The van der Waals surface area contributed by atoms with Gasteiger partial charge in [0, 0.05) is 39.0 Å². The van der Waals surface area contributed by atoms with Gasteiger partial charge in [0.1, 0.15) is 42.0 Å². The van der Waals surface area contributed by atoms with Gasteiger partial charge in [0.2, 0.25) is 35.4 Å². The predicted molar refractivity (Wildman–Crippen MR) is 254 cm³/mol. The lowest BCUT2D eigenvalue weighted by molar-refractivity contribution is -0.143. The lowest BCUT2D eigenvalue weighted by Gasteiger charge is -2.34.